The minimum absolute atomic E-state index is 0.336. The lowest BCUT2D eigenvalue weighted by Crippen LogP contribution is -2.29. The molecule has 0 bridgehead atoms. The zero-order chi connectivity index (χ0) is 17.3. The zero-order valence-electron chi connectivity index (χ0n) is 13.3. The number of nitrogens with two attached hydrogens (primary N) is 1. The number of anilines is 1. The number of halogens is 1. The molecular formula is C16H17FN4O2S. The molecule has 2 heterocycles. The van der Waals surface area contributed by atoms with E-state index in [1.54, 1.807) is 13.0 Å². The number of thioether (sulfide) groups is 1. The first-order valence-electron chi connectivity index (χ1n) is 7.40. The van der Waals surface area contributed by atoms with Crippen molar-refractivity contribution in [2.45, 2.75) is 25.8 Å². The Morgan fingerprint density at radius 2 is 2.29 bits per heavy atom. The zero-order valence-corrected chi connectivity index (χ0v) is 14.1. The Balaban J connectivity index is 1.91. The van der Waals surface area contributed by atoms with Gasteiger partial charge in [-0.3, -0.25) is 9.79 Å². The molecule has 3 N–H and O–H groups in total. The molecule has 8 heteroatoms. The molecule has 1 unspecified atom stereocenters. The van der Waals surface area contributed by atoms with Gasteiger partial charge in [-0.2, -0.15) is 0 Å². The first-order chi connectivity index (χ1) is 11.4. The van der Waals surface area contributed by atoms with Crippen LogP contribution in [0.3, 0.4) is 0 Å². The van der Waals surface area contributed by atoms with Gasteiger partial charge < -0.3 is 15.6 Å². The molecule has 6 nitrogen and oxygen atoms in total. The van der Waals surface area contributed by atoms with E-state index in [4.69, 9.17) is 10.3 Å². The molecule has 2 aromatic rings. The third-order valence-corrected chi connectivity index (χ3v) is 4.79. The summed E-state index contributed by atoms with van der Waals surface area (Å²) in [7, 11) is 0. The van der Waals surface area contributed by atoms with Crippen LogP contribution in [0.25, 0.3) is 0 Å². The third-order valence-electron chi connectivity index (χ3n) is 4.00. The summed E-state index contributed by atoms with van der Waals surface area (Å²) in [6.45, 7) is 3.49. The molecule has 1 amide bonds. The Morgan fingerprint density at radius 1 is 1.50 bits per heavy atom. The third kappa shape index (κ3) is 3.14. The van der Waals surface area contributed by atoms with Crippen molar-refractivity contribution < 1.29 is 13.7 Å². The lowest BCUT2D eigenvalue weighted by Gasteiger charge is -2.30. The average Bonchev–Trinajstić information content (AvgIpc) is 2.95. The molecule has 1 aromatic carbocycles. The van der Waals surface area contributed by atoms with Crippen LogP contribution in [0.4, 0.5) is 10.1 Å². The molecule has 1 aliphatic rings. The van der Waals surface area contributed by atoms with Crippen LogP contribution in [0.15, 0.2) is 33.9 Å². The SMILES string of the molecule is Cc1oncc1C(=O)Nc1ccc(F)c(C2(C)CCSC(N)=N2)c1. The van der Waals surface area contributed by atoms with Gasteiger partial charge in [0.25, 0.3) is 5.91 Å². The number of carbonyl (C=O) groups excluding carboxylic acids is 1. The number of amides is 1. The first-order valence-corrected chi connectivity index (χ1v) is 8.38. The van der Waals surface area contributed by atoms with E-state index in [2.05, 4.69) is 15.5 Å². The highest BCUT2D eigenvalue weighted by Crippen LogP contribution is 2.37. The normalized spacial score (nSPS) is 20.5. The van der Waals surface area contributed by atoms with Gasteiger partial charge in [-0.25, -0.2) is 4.39 Å². The monoisotopic (exact) mass is 348 g/mol. The fraction of sp³-hybridized carbons (Fsp3) is 0.312. The number of hydrogen-bond acceptors (Lipinski definition) is 6. The van der Waals surface area contributed by atoms with Crippen molar-refractivity contribution in [1.29, 1.82) is 0 Å². The van der Waals surface area contributed by atoms with Crippen molar-refractivity contribution in [2.24, 2.45) is 10.7 Å². The molecule has 1 aromatic heterocycles. The summed E-state index contributed by atoms with van der Waals surface area (Å²) in [5.74, 6) is 0.448. The van der Waals surface area contributed by atoms with E-state index >= 15 is 0 Å². The van der Waals surface area contributed by atoms with Crippen LogP contribution >= 0.6 is 11.8 Å². The van der Waals surface area contributed by atoms with Crippen LogP contribution in [-0.2, 0) is 5.54 Å². The van der Waals surface area contributed by atoms with E-state index in [1.807, 2.05) is 6.92 Å². The van der Waals surface area contributed by atoms with E-state index in [1.165, 1.54) is 30.1 Å². The minimum Gasteiger partial charge on any atom is -0.379 e. The van der Waals surface area contributed by atoms with E-state index in [0.717, 1.165) is 5.75 Å². The van der Waals surface area contributed by atoms with Crippen LogP contribution in [0.2, 0.25) is 0 Å². The molecule has 0 spiro atoms. The number of amidine groups is 1. The molecule has 1 atom stereocenters. The van der Waals surface area contributed by atoms with Gasteiger partial charge in [0.15, 0.2) is 5.17 Å². The molecule has 0 fully saturated rings. The van der Waals surface area contributed by atoms with Crippen LogP contribution in [0.1, 0.15) is 35.0 Å². The van der Waals surface area contributed by atoms with Crippen molar-refractivity contribution in [2.75, 3.05) is 11.1 Å². The molecule has 0 aliphatic carbocycles. The summed E-state index contributed by atoms with van der Waals surface area (Å²) in [6.07, 6.45) is 2.01. The number of aliphatic imine (C=N–C) groups is 1. The second-order valence-corrected chi connectivity index (χ2v) is 6.88. The number of aromatic nitrogens is 1. The summed E-state index contributed by atoms with van der Waals surface area (Å²) >= 11 is 1.45. The Labute approximate surface area is 142 Å². The Kier molecular flexibility index (Phi) is 4.31. The molecular weight excluding hydrogens is 331 g/mol. The molecule has 126 valence electrons. The van der Waals surface area contributed by atoms with Crippen LogP contribution in [0, 0.1) is 12.7 Å². The summed E-state index contributed by atoms with van der Waals surface area (Å²) in [4.78, 5) is 16.7. The second-order valence-electron chi connectivity index (χ2n) is 5.77. The van der Waals surface area contributed by atoms with Gasteiger partial charge in [0, 0.05) is 17.0 Å². The fourth-order valence-electron chi connectivity index (χ4n) is 2.61. The highest BCUT2D eigenvalue weighted by atomic mass is 32.2. The quantitative estimate of drug-likeness (QED) is 0.889. The van der Waals surface area contributed by atoms with Gasteiger partial charge >= 0.3 is 0 Å². The summed E-state index contributed by atoms with van der Waals surface area (Å²) in [5.41, 5.74) is 6.28. The fourth-order valence-corrected chi connectivity index (χ4v) is 3.59. The standard InChI is InChI=1S/C16H17FN4O2S/c1-9-11(8-19-23-9)14(22)20-10-3-4-13(17)12(7-10)16(2)5-6-24-15(18)21-16/h3-4,7-8H,5-6H2,1-2H3,(H2,18,21)(H,20,22). The van der Waals surface area contributed by atoms with E-state index in [0.29, 0.717) is 34.2 Å². The van der Waals surface area contributed by atoms with Gasteiger partial charge in [0.2, 0.25) is 0 Å². The highest BCUT2D eigenvalue weighted by molar-refractivity contribution is 8.13. The number of benzene rings is 1. The maximum atomic E-state index is 14.3. The van der Waals surface area contributed by atoms with Crippen molar-refractivity contribution in [3.05, 3.63) is 47.1 Å². The van der Waals surface area contributed by atoms with Crippen LogP contribution in [-0.4, -0.2) is 22.0 Å². The number of nitrogens with zero attached hydrogens (tertiary/aromatic N) is 2. The van der Waals surface area contributed by atoms with Gasteiger partial charge in [-0.05, 0) is 38.5 Å². The van der Waals surface area contributed by atoms with Crippen molar-refractivity contribution >= 4 is 28.5 Å². The Hall–Kier alpha value is -2.35. The van der Waals surface area contributed by atoms with Gasteiger partial charge in [0.05, 0.1) is 11.7 Å². The summed E-state index contributed by atoms with van der Waals surface area (Å²) < 4.78 is 19.2. The minimum atomic E-state index is -0.743. The van der Waals surface area contributed by atoms with Crippen LogP contribution in [0.5, 0.6) is 0 Å². The number of nitrogens with one attached hydrogen (secondary N) is 1. The lowest BCUT2D eigenvalue weighted by molar-refractivity contribution is 0.102. The largest absolute Gasteiger partial charge is 0.379 e. The summed E-state index contributed by atoms with van der Waals surface area (Å²) in [6, 6.07) is 4.43. The number of rotatable bonds is 3. The predicted octanol–water partition coefficient (Wildman–Crippen LogP) is 3.04. The maximum Gasteiger partial charge on any atom is 0.260 e. The van der Waals surface area contributed by atoms with Crippen molar-refractivity contribution in [1.82, 2.24) is 5.16 Å². The van der Waals surface area contributed by atoms with Crippen molar-refractivity contribution in [3.8, 4) is 0 Å². The predicted molar refractivity (Wildman–Crippen MR) is 91.6 cm³/mol. The maximum absolute atomic E-state index is 14.3. The highest BCUT2D eigenvalue weighted by Gasteiger charge is 2.32. The topological polar surface area (TPSA) is 93.5 Å². The Bertz CT molecular complexity index is 820. The van der Waals surface area contributed by atoms with Crippen molar-refractivity contribution in [3.63, 3.8) is 0 Å². The Morgan fingerprint density at radius 3 is 2.96 bits per heavy atom. The number of aryl methyl sites for hydroxylation is 1. The second kappa shape index (κ2) is 6.27. The van der Waals surface area contributed by atoms with Gasteiger partial charge in [-0.15, -0.1) is 0 Å². The summed E-state index contributed by atoms with van der Waals surface area (Å²) in [5, 5.41) is 6.75. The van der Waals surface area contributed by atoms with E-state index in [-0.39, 0.29) is 11.7 Å². The molecule has 0 saturated heterocycles. The lowest BCUT2D eigenvalue weighted by atomic mass is 9.89. The smallest absolute Gasteiger partial charge is 0.260 e. The van der Waals surface area contributed by atoms with Crippen LogP contribution < -0.4 is 11.1 Å². The first kappa shape index (κ1) is 16.5. The number of carbonyl (C=O) groups is 1. The number of hydrogen-bond donors (Lipinski definition) is 2. The molecule has 24 heavy (non-hydrogen) atoms. The van der Waals surface area contributed by atoms with Gasteiger partial charge in [0.1, 0.15) is 17.1 Å². The molecule has 1 aliphatic heterocycles. The average molecular weight is 348 g/mol. The van der Waals surface area contributed by atoms with Gasteiger partial charge in [-0.1, -0.05) is 16.9 Å². The van der Waals surface area contributed by atoms with E-state index < -0.39 is 5.54 Å². The molecule has 3 rings (SSSR count). The molecule has 0 saturated carbocycles. The molecule has 0 radical (unpaired) electrons. The van der Waals surface area contributed by atoms with E-state index in [9.17, 15) is 9.18 Å².